The van der Waals surface area contributed by atoms with E-state index < -0.39 is 10.1 Å². The van der Waals surface area contributed by atoms with Crippen LogP contribution in [0.4, 0.5) is 0 Å². The van der Waals surface area contributed by atoms with Crippen LogP contribution >= 0.6 is 0 Å². The molecular formula is C12H19NO3S. The summed E-state index contributed by atoms with van der Waals surface area (Å²) in [6.07, 6.45) is 2.01. The SMILES string of the molecule is COS(=O)(=O)c1ccc(CCCN(C)C)cc1. The van der Waals surface area contributed by atoms with Crippen LogP contribution < -0.4 is 0 Å². The van der Waals surface area contributed by atoms with Crippen molar-refractivity contribution in [2.45, 2.75) is 17.7 Å². The Kier molecular flexibility index (Phi) is 5.11. The highest BCUT2D eigenvalue weighted by Gasteiger charge is 2.11. The van der Waals surface area contributed by atoms with Crippen molar-refractivity contribution in [1.82, 2.24) is 4.90 Å². The number of rotatable bonds is 6. The molecule has 0 saturated carbocycles. The first kappa shape index (κ1) is 14.2. The quantitative estimate of drug-likeness (QED) is 0.725. The fourth-order valence-electron chi connectivity index (χ4n) is 1.52. The Labute approximate surface area is 103 Å². The number of aryl methyl sites for hydroxylation is 1. The summed E-state index contributed by atoms with van der Waals surface area (Å²) < 4.78 is 27.2. The summed E-state index contributed by atoms with van der Waals surface area (Å²) >= 11 is 0. The zero-order valence-corrected chi connectivity index (χ0v) is 11.3. The minimum absolute atomic E-state index is 0.205. The van der Waals surface area contributed by atoms with E-state index in [-0.39, 0.29) is 4.90 Å². The molecule has 0 aliphatic heterocycles. The summed E-state index contributed by atoms with van der Waals surface area (Å²) in [5.41, 5.74) is 1.14. The van der Waals surface area contributed by atoms with Gasteiger partial charge in [-0.25, -0.2) is 0 Å². The molecule has 0 aromatic heterocycles. The molecule has 0 spiro atoms. The van der Waals surface area contributed by atoms with Crippen LogP contribution in [0, 0.1) is 0 Å². The Hall–Kier alpha value is -0.910. The lowest BCUT2D eigenvalue weighted by molar-refractivity contribution is 0.397. The minimum Gasteiger partial charge on any atom is -0.309 e. The maximum Gasteiger partial charge on any atom is 0.296 e. The number of nitrogens with zero attached hydrogens (tertiary/aromatic N) is 1. The average molecular weight is 257 g/mol. The maximum atomic E-state index is 11.4. The van der Waals surface area contributed by atoms with Gasteiger partial charge in [-0.1, -0.05) is 12.1 Å². The third-order valence-electron chi connectivity index (χ3n) is 2.50. The standard InChI is InChI=1S/C12H19NO3S/c1-13(2)10-4-5-11-6-8-12(9-7-11)17(14,15)16-3/h6-9H,4-5,10H2,1-3H3. The second kappa shape index (κ2) is 6.14. The molecule has 0 N–H and O–H groups in total. The molecule has 0 saturated heterocycles. The van der Waals surface area contributed by atoms with E-state index in [4.69, 9.17) is 0 Å². The van der Waals surface area contributed by atoms with Gasteiger partial charge < -0.3 is 4.90 Å². The number of hydrogen-bond donors (Lipinski definition) is 0. The molecule has 4 nitrogen and oxygen atoms in total. The largest absolute Gasteiger partial charge is 0.309 e. The van der Waals surface area contributed by atoms with Gasteiger partial charge in [0.05, 0.1) is 12.0 Å². The van der Waals surface area contributed by atoms with Gasteiger partial charge in [0, 0.05) is 0 Å². The highest BCUT2D eigenvalue weighted by atomic mass is 32.2. The second-order valence-corrected chi connectivity index (χ2v) is 5.88. The molecule has 1 rings (SSSR count). The van der Waals surface area contributed by atoms with Crippen LogP contribution in [0.5, 0.6) is 0 Å². The lowest BCUT2D eigenvalue weighted by Crippen LogP contribution is -2.13. The van der Waals surface area contributed by atoms with Crippen LogP contribution in [0.15, 0.2) is 29.2 Å². The summed E-state index contributed by atoms with van der Waals surface area (Å²) in [4.78, 5) is 2.33. The average Bonchev–Trinajstić information content (AvgIpc) is 2.29. The molecule has 0 aliphatic rings. The minimum atomic E-state index is -3.56. The number of benzene rings is 1. The van der Waals surface area contributed by atoms with Crippen LogP contribution in [0.25, 0.3) is 0 Å². The molecule has 0 unspecified atom stereocenters. The van der Waals surface area contributed by atoms with E-state index in [0.717, 1.165) is 24.9 Å². The second-order valence-electron chi connectivity index (χ2n) is 4.17. The maximum absolute atomic E-state index is 11.4. The van der Waals surface area contributed by atoms with Crippen LogP contribution in [0.2, 0.25) is 0 Å². The smallest absolute Gasteiger partial charge is 0.296 e. The van der Waals surface area contributed by atoms with Crippen molar-refractivity contribution < 1.29 is 12.6 Å². The molecular weight excluding hydrogens is 238 g/mol. The molecule has 0 heterocycles. The van der Waals surface area contributed by atoms with E-state index in [2.05, 4.69) is 9.08 Å². The molecule has 0 fully saturated rings. The van der Waals surface area contributed by atoms with Crippen molar-refractivity contribution in [3.63, 3.8) is 0 Å². The van der Waals surface area contributed by atoms with Gasteiger partial charge in [-0.3, -0.25) is 4.18 Å². The Bertz CT molecular complexity index is 437. The molecule has 0 atom stereocenters. The van der Waals surface area contributed by atoms with Gasteiger partial charge >= 0.3 is 0 Å². The van der Waals surface area contributed by atoms with Crippen LogP contribution in [-0.2, 0) is 20.7 Å². The normalized spacial score (nSPS) is 12.0. The monoisotopic (exact) mass is 257 g/mol. The van der Waals surface area contributed by atoms with Crippen molar-refractivity contribution in [2.75, 3.05) is 27.7 Å². The molecule has 96 valence electrons. The predicted molar refractivity (Wildman–Crippen MR) is 67.5 cm³/mol. The summed E-state index contributed by atoms with van der Waals surface area (Å²) in [6.45, 7) is 1.03. The highest BCUT2D eigenvalue weighted by molar-refractivity contribution is 7.86. The molecule has 5 heteroatoms. The molecule has 1 aromatic rings. The first-order valence-electron chi connectivity index (χ1n) is 5.50. The van der Waals surface area contributed by atoms with E-state index in [9.17, 15) is 8.42 Å². The topological polar surface area (TPSA) is 46.6 Å². The van der Waals surface area contributed by atoms with Crippen molar-refractivity contribution in [2.24, 2.45) is 0 Å². The zero-order chi connectivity index (χ0) is 12.9. The summed E-state index contributed by atoms with van der Waals surface area (Å²) in [5, 5.41) is 0. The third kappa shape index (κ3) is 4.46. The Morgan fingerprint density at radius 3 is 2.24 bits per heavy atom. The fourth-order valence-corrected chi connectivity index (χ4v) is 2.18. The van der Waals surface area contributed by atoms with Crippen molar-refractivity contribution >= 4 is 10.1 Å². The van der Waals surface area contributed by atoms with Gasteiger partial charge in [-0.2, -0.15) is 8.42 Å². The van der Waals surface area contributed by atoms with Crippen LogP contribution in [0.3, 0.4) is 0 Å². The molecule has 0 aliphatic carbocycles. The Morgan fingerprint density at radius 2 is 1.76 bits per heavy atom. The fraction of sp³-hybridized carbons (Fsp3) is 0.500. The molecule has 1 aromatic carbocycles. The van der Waals surface area contributed by atoms with E-state index in [1.807, 2.05) is 26.2 Å². The summed E-state index contributed by atoms with van der Waals surface area (Å²) in [7, 11) is 1.68. The molecule has 0 radical (unpaired) electrons. The van der Waals surface area contributed by atoms with E-state index in [1.54, 1.807) is 12.1 Å². The van der Waals surface area contributed by atoms with Gasteiger partial charge in [0.1, 0.15) is 0 Å². The van der Waals surface area contributed by atoms with Gasteiger partial charge in [0.25, 0.3) is 10.1 Å². The van der Waals surface area contributed by atoms with E-state index >= 15 is 0 Å². The highest BCUT2D eigenvalue weighted by Crippen LogP contribution is 2.13. The van der Waals surface area contributed by atoms with Gasteiger partial charge in [0.2, 0.25) is 0 Å². The first-order chi connectivity index (χ1) is 7.95. The van der Waals surface area contributed by atoms with Gasteiger partial charge in [-0.05, 0) is 51.2 Å². The summed E-state index contributed by atoms with van der Waals surface area (Å²) in [6, 6.07) is 6.84. The lowest BCUT2D eigenvalue weighted by atomic mass is 10.1. The molecule has 0 amide bonds. The molecule has 0 bridgehead atoms. The first-order valence-corrected chi connectivity index (χ1v) is 6.91. The van der Waals surface area contributed by atoms with Crippen LogP contribution in [0.1, 0.15) is 12.0 Å². The lowest BCUT2D eigenvalue weighted by Gasteiger charge is -2.09. The van der Waals surface area contributed by atoms with Crippen LogP contribution in [-0.4, -0.2) is 41.1 Å². The van der Waals surface area contributed by atoms with E-state index in [0.29, 0.717) is 0 Å². The van der Waals surface area contributed by atoms with Crippen molar-refractivity contribution in [1.29, 1.82) is 0 Å². The van der Waals surface area contributed by atoms with Crippen molar-refractivity contribution in [3.05, 3.63) is 29.8 Å². The van der Waals surface area contributed by atoms with Gasteiger partial charge in [-0.15, -0.1) is 0 Å². The molecule has 17 heavy (non-hydrogen) atoms. The van der Waals surface area contributed by atoms with Crippen molar-refractivity contribution in [3.8, 4) is 0 Å². The third-order valence-corrected chi connectivity index (χ3v) is 3.79. The Balaban J connectivity index is 2.63. The van der Waals surface area contributed by atoms with E-state index in [1.165, 1.54) is 7.11 Å². The number of hydrogen-bond acceptors (Lipinski definition) is 4. The Morgan fingerprint density at radius 1 is 1.18 bits per heavy atom. The van der Waals surface area contributed by atoms with Gasteiger partial charge in [0.15, 0.2) is 0 Å². The predicted octanol–water partition coefficient (Wildman–Crippen LogP) is 1.52. The zero-order valence-electron chi connectivity index (χ0n) is 10.5. The summed E-state index contributed by atoms with van der Waals surface area (Å²) in [5.74, 6) is 0.